The topological polar surface area (TPSA) is 176 Å². The number of aromatic carboxylic acids is 1. The van der Waals surface area contributed by atoms with E-state index < -0.39 is 41.7 Å². The van der Waals surface area contributed by atoms with Crippen LogP contribution >= 0.6 is 0 Å². The van der Waals surface area contributed by atoms with Crippen LogP contribution in [0.3, 0.4) is 0 Å². The maximum Gasteiger partial charge on any atom is 0.336 e. The average Bonchev–Trinajstić information content (AvgIpc) is 2.63. The lowest BCUT2D eigenvalue weighted by Gasteiger charge is -2.23. The van der Waals surface area contributed by atoms with E-state index in [1.165, 1.54) is 24.3 Å². The van der Waals surface area contributed by atoms with Gasteiger partial charge in [0.05, 0.1) is 11.1 Å². The Balaban J connectivity index is 3.00. The number of carboxylic acids is 2. The molecule has 0 unspecified atom stereocenters. The number of amides is 3. The molecular formula is C19H25N3O7. The van der Waals surface area contributed by atoms with Crippen molar-refractivity contribution in [3.05, 3.63) is 35.4 Å². The van der Waals surface area contributed by atoms with Gasteiger partial charge in [0, 0.05) is 6.42 Å². The first kappa shape index (κ1) is 23.6. The predicted molar refractivity (Wildman–Crippen MR) is 102 cm³/mol. The zero-order chi connectivity index (χ0) is 22.1. The molecule has 1 rings (SSSR count). The molecule has 1 aromatic rings. The molecule has 1 aromatic carbocycles. The number of hydrogen-bond donors (Lipinski definition) is 5. The molecule has 0 heterocycles. The number of rotatable bonds is 11. The third-order valence-corrected chi connectivity index (χ3v) is 4.03. The fourth-order valence-corrected chi connectivity index (χ4v) is 2.62. The van der Waals surface area contributed by atoms with Crippen molar-refractivity contribution in [2.75, 3.05) is 0 Å². The number of carbonyl (C=O) groups excluding carboxylic acids is 3. The van der Waals surface area contributed by atoms with E-state index in [0.29, 0.717) is 0 Å². The Morgan fingerprint density at radius 1 is 0.966 bits per heavy atom. The molecule has 2 atom stereocenters. The maximum atomic E-state index is 12.6. The molecule has 0 spiro atoms. The SMILES string of the molecule is CC(C)C[C@H](NC(=O)c1ccccc1C(=O)O)C(=O)N[C@@H](CCC(N)=O)C(=O)O. The summed E-state index contributed by atoms with van der Waals surface area (Å²) in [6.45, 7) is 3.61. The van der Waals surface area contributed by atoms with Crippen LogP contribution in [-0.2, 0) is 14.4 Å². The highest BCUT2D eigenvalue weighted by Crippen LogP contribution is 2.12. The molecule has 0 aliphatic heterocycles. The number of carboxylic acid groups (broad SMARTS) is 2. The first-order valence-electron chi connectivity index (χ1n) is 8.97. The highest BCUT2D eigenvalue weighted by molar-refractivity contribution is 6.06. The molecule has 0 saturated heterocycles. The van der Waals surface area contributed by atoms with Crippen LogP contribution in [0.15, 0.2) is 24.3 Å². The van der Waals surface area contributed by atoms with Crippen molar-refractivity contribution in [1.29, 1.82) is 0 Å². The number of aliphatic carboxylic acids is 1. The zero-order valence-electron chi connectivity index (χ0n) is 16.2. The zero-order valence-corrected chi connectivity index (χ0v) is 16.2. The second-order valence-corrected chi connectivity index (χ2v) is 6.91. The van der Waals surface area contributed by atoms with Crippen molar-refractivity contribution in [3.63, 3.8) is 0 Å². The summed E-state index contributed by atoms with van der Waals surface area (Å²) in [5.41, 5.74) is 4.67. The van der Waals surface area contributed by atoms with E-state index in [4.69, 9.17) is 5.73 Å². The van der Waals surface area contributed by atoms with Gasteiger partial charge in [-0.3, -0.25) is 14.4 Å². The molecule has 10 heteroatoms. The van der Waals surface area contributed by atoms with Crippen LogP contribution in [0.2, 0.25) is 0 Å². The van der Waals surface area contributed by atoms with E-state index in [2.05, 4.69) is 10.6 Å². The Morgan fingerprint density at radius 3 is 2.03 bits per heavy atom. The maximum absolute atomic E-state index is 12.6. The third kappa shape index (κ3) is 7.60. The van der Waals surface area contributed by atoms with E-state index >= 15 is 0 Å². The molecule has 0 radical (unpaired) electrons. The molecule has 0 aliphatic carbocycles. The number of nitrogens with two attached hydrogens (primary N) is 1. The summed E-state index contributed by atoms with van der Waals surface area (Å²) >= 11 is 0. The normalized spacial score (nSPS) is 12.7. The minimum absolute atomic E-state index is 0.0327. The van der Waals surface area contributed by atoms with Gasteiger partial charge in [-0.2, -0.15) is 0 Å². The molecular weight excluding hydrogens is 382 g/mol. The van der Waals surface area contributed by atoms with Crippen LogP contribution in [0.5, 0.6) is 0 Å². The van der Waals surface area contributed by atoms with E-state index in [-0.39, 0.29) is 36.3 Å². The molecule has 158 valence electrons. The molecule has 3 amide bonds. The van der Waals surface area contributed by atoms with E-state index in [9.17, 15) is 34.2 Å². The summed E-state index contributed by atoms with van der Waals surface area (Å²) in [6, 6.07) is 3.08. The smallest absolute Gasteiger partial charge is 0.336 e. The molecule has 0 fully saturated rings. The largest absolute Gasteiger partial charge is 0.480 e. The Morgan fingerprint density at radius 2 is 1.55 bits per heavy atom. The fourth-order valence-electron chi connectivity index (χ4n) is 2.62. The second-order valence-electron chi connectivity index (χ2n) is 6.91. The van der Waals surface area contributed by atoms with Crippen molar-refractivity contribution in [1.82, 2.24) is 10.6 Å². The van der Waals surface area contributed by atoms with Gasteiger partial charge in [0.1, 0.15) is 12.1 Å². The van der Waals surface area contributed by atoms with Crippen LogP contribution in [-0.4, -0.2) is 52.0 Å². The standard InChI is InChI=1S/C19H25N3O7/c1-10(2)9-14(17(25)21-13(19(28)29)7-8-15(20)23)22-16(24)11-5-3-4-6-12(11)18(26)27/h3-6,10,13-14H,7-9H2,1-2H3,(H2,20,23)(H,21,25)(H,22,24)(H,26,27)(H,28,29)/t13-,14-/m0/s1. The van der Waals surface area contributed by atoms with Crippen molar-refractivity contribution < 1.29 is 34.2 Å². The van der Waals surface area contributed by atoms with Crippen LogP contribution < -0.4 is 16.4 Å². The fraction of sp³-hybridized carbons (Fsp3) is 0.421. The number of primary amides is 1. The Bertz CT molecular complexity index is 792. The minimum Gasteiger partial charge on any atom is -0.480 e. The van der Waals surface area contributed by atoms with Crippen molar-refractivity contribution in [2.45, 2.75) is 45.2 Å². The second kappa shape index (κ2) is 10.8. The summed E-state index contributed by atoms with van der Waals surface area (Å²) in [7, 11) is 0. The van der Waals surface area contributed by atoms with Crippen molar-refractivity contribution in [2.24, 2.45) is 11.7 Å². The number of nitrogens with one attached hydrogen (secondary N) is 2. The van der Waals surface area contributed by atoms with Gasteiger partial charge < -0.3 is 26.6 Å². The quantitative estimate of drug-likeness (QED) is 0.352. The number of carbonyl (C=O) groups is 5. The Hall–Kier alpha value is -3.43. The van der Waals surface area contributed by atoms with Gasteiger partial charge in [0.15, 0.2) is 0 Å². The van der Waals surface area contributed by atoms with E-state index in [0.717, 1.165) is 0 Å². The summed E-state index contributed by atoms with van der Waals surface area (Å²) < 4.78 is 0. The average molecular weight is 407 g/mol. The Kier molecular flexibility index (Phi) is 8.78. The molecule has 10 nitrogen and oxygen atoms in total. The van der Waals surface area contributed by atoms with Crippen LogP contribution in [0.1, 0.15) is 53.8 Å². The van der Waals surface area contributed by atoms with Gasteiger partial charge >= 0.3 is 11.9 Å². The van der Waals surface area contributed by atoms with Gasteiger partial charge in [-0.15, -0.1) is 0 Å². The van der Waals surface area contributed by atoms with E-state index in [1.54, 1.807) is 13.8 Å². The Labute approximate surface area is 167 Å². The molecule has 0 saturated carbocycles. The van der Waals surface area contributed by atoms with Crippen LogP contribution in [0.4, 0.5) is 0 Å². The van der Waals surface area contributed by atoms with E-state index in [1.807, 2.05) is 0 Å². The highest BCUT2D eigenvalue weighted by atomic mass is 16.4. The molecule has 0 aromatic heterocycles. The number of benzene rings is 1. The predicted octanol–water partition coefficient (Wildman–Crippen LogP) is 0.364. The van der Waals surface area contributed by atoms with Gasteiger partial charge in [0.25, 0.3) is 5.91 Å². The lowest BCUT2D eigenvalue weighted by Crippen LogP contribution is -2.52. The minimum atomic E-state index is -1.35. The lowest BCUT2D eigenvalue weighted by molar-refractivity contribution is -0.142. The molecule has 0 bridgehead atoms. The first-order chi connectivity index (χ1) is 13.5. The monoisotopic (exact) mass is 407 g/mol. The number of hydrogen-bond acceptors (Lipinski definition) is 5. The van der Waals surface area contributed by atoms with Gasteiger partial charge in [0.2, 0.25) is 11.8 Å². The lowest BCUT2D eigenvalue weighted by atomic mass is 10.0. The summed E-state index contributed by atoms with van der Waals surface area (Å²) in [4.78, 5) is 58.7. The summed E-state index contributed by atoms with van der Waals surface area (Å²) in [5.74, 6) is -4.90. The molecule has 6 N–H and O–H groups in total. The van der Waals surface area contributed by atoms with Crippen molar-refractivity contribution >= 4 is 29.7 Å². The first-order valence-corrected chi connectivity index (χ1v) is 8.97. The summed E-state index contributed by atoms with van der Waals surface area (Å²) in [6.07, 6.45) is -0.236. The highest BCUT2D eigenvalue weighted by Gasteiger charge is 2.28. The molecule has 0 aliphatic rings. The molecule has 29 heavy (non-hydrogen) atoms. The summed E-state index contributed by atoms with van der Waals surface area (Å²) in [5, 5.41) is 23.2. The van der Waals surface area contributed by atoms with Crippen molar-refractivity contribution in [3.8, 4) is 0 Å². The van der Waals surface area contributed by atoms with Gasteiger partial charge in [-0.1, -0.05) is 26.0 Å². The third-order valence-electron chi connectivity index (χ3n) is 4.03. The van der Waals surface area contributed by atoms with Gasteiger partial charge in [-0.25, -0.2) is 9.59 Å². The van der Waals surface area contributed by atoms with Gasteiger partial charge in [-0.05, 0) is 30.9 Å². The van der Waals surface area contributed by atoms with Crippen LogP contribution in [0, 0.1) is 5.92 Å². The van der Waals surface area contributed by atoms with Crippen LogP contribution in [0.25, 0.3) is 0 Å².